The van der Waals surface area contributed by atoms with Gasteiger partial charge >= 0.3 is 5.97 Å². The Balaban J connectivity index is 2.42. The molecule has 0 aromatic carbocycles. The Labute approximate surface area is 73.7 Å². The van der Waals surface area contributed by atoms with Crippen LogP contribution in [0.2, 0.25) is 0 Å². The van der Waals surface area contributed by atoms with Gasteiger partial charge in [-0.1, -0.05) is 0 Å². The van der Waals surface area contributed by atoms with Crippen LogP contribution >= 0.6 is 0 Å². The number of carbonyl (C=O) groups is 2. The first-order valence-corrected chi connectivity index (χ1v) is 3.70. The maximum atomic E-state index is 10.8. The van der Waals surface area contributed by atoms with Crippen molar-refractivity contribution in [1.82, 2.24) is 4.98 Å². The highest BCUT2D eigenvalue weighted by molar-refractivity contribution is 5.83. The zero-order valence-electron chi connectivity index (χ0n) is 6.61. The van der Waals surface area contributed by atoms with Crippen molar-refractivity contribution in [3.8, 4) is 5.75 Å². The molecule has 1 aliphatic rings. The molecule has 0 spiro atoms. The SMILES string of the molecule is O=Cc1ccc2c(n1)NCC(=O)O2. The average molecular weight is 178 g/mol. The third-order valence-corrected chi connectivity index (χ3v) is 1.62. The molecule has 1 N–H and O–H groups in total. The van der Waals surface area contributed by atoms with E-state index in [0.717, 1.165) is 0 Å². The zero-order valence-corrected chi connectivity index (χ0v) is 6.61. The molecule has 0 atom stereocenters. The molecule has 0 radical (unpaired) electrons. The van der Waals surface area contributed by atoms with Gasteiger partial charge in [-0.25, -0.2) is 9.78 Å². The van der Waals surface area contributed by atoms with Crippen LogP contribution in [-0.2, 0) is 4.79 Å². The van der Waals surface area contributed by atoms with Gasteiger partial charge in [0.25, 0.3) is 0 Å². The molecule has 0 unspecified atom stereocenters. The molecule has 0 amide bonds. The van der Waals surface area contributed by atoms with E-state index in [-0.39, 0.29) is 12.5 Å². The molecular weight excluding hydrogens is 172 g/mol. The Morgan fingerprint density at radius 3 is 3.15 bits per heavy atom. The molecule has 0 saturated heterocycles. The summed E-state index contributed by atoms with van der Waals surface area (Å²) in [5, 5.41) is 2.74. The lowest BCUT2D eigenvalue weighted by Crippen LogP contribution is -2.25. The highest BCUT2D eigenvalue weighted by Crippen LogP contribution is 2.24. The van der Waals surface area contributed by atoms with Gasteiger partial charge in [-0.05, 0) is 12.1 Å². The topological polar surface area (TPSA) is 68.3 Å². The highest BCUT2D eigenvalue weighted by atomic mass is 16.5. The molecule has 1 aliphatic heterocycles. The Kier molecular flexibility index (Phi) is 1.70. The summed E-state index contributed by atoms with van der Waals surface area (Å²) in [5.74, 6) is 0.444. The fourth-order valence-corrected chi connectivity index (χ4v) is 1.05. The molecule has 1 aromatic rings. The third-order valence-electron chi connectivity index (χ3n) is 1.62. The van der Waals surface area contributed by atoms with Crippen LogP contribution in [0.25, 0.3) is 0 Å². The second-order valence-corrected chi connectivity index (χ2v) is 2.53. The van der Waals surface area contributed by atoms with Crippen molar-refractivity contribution in [3.63, 3.8) is 0 Å². The van der Waals surface area contributed by atoms with E-state index in [1.165, 1.54) is 12.1 Å². The summed E-state index contributed by atoms with van der Waals surface area (Å²) in [7, 11) is 0. The lowest BCUT2D eigenvalue weighted by molar-refractivity contribution is -0.132. The Hall–Kier alpha value is -1.91. The molecule has 2 heterocycles. The molecule has 2 rings (SSSR count). The lowest BCUT2D eigenvalue weighted by Gasteiger charge is -2.15. The zero-order chi connectivity index (χ0) is 9.26. The minimum atomic E-state index is -0.354. The fourth-order valence-electron chi connectivity index (χ4n) is 1.05. The van der Waals surface area contributed by atoms with Gasteiger partial charge in [0.1, 0.15) is 12.2 Å². The van der Waals surface area contributed by atoms with E-state index in [0.29, 0.717) is 23.5 Å². The first-order valence-electron chi connectivity index (χ1n) is 3.70. The Bertz CT molecular complexity index is 376. The minimum Gasteiger partial charge on any atom is -0.421 e. The summed E-state index contributed by atoms with van der Waals surface area (Å²) in [6.07, 6.45) is 0.637. The third kappa shape index (κ3) is 1.35. The lowest BCUT2D eigenvalue weighted by atomic mass is 10.3. The van der Waals surface area contributed by atoms with E-state index in [9.17, 15) is 9.59 Å². The standard InChI is InChI=1S/C8H6N2O3/c11-4-5-1-2-6-8(10-5)9-3-7(12)13-6/h1-2,4H,3H2,(H,9,10). The van der Waals surface area contributed by atoms with E-state index in [4.69, 9.17) is 4.74 Å². The van der Waals surface area contributed by atoms with Crippen LogP contribution in [0.4, 0.5) is 5.82 Å². The summed E-state index contributed by atoms with van der Waals surface area (Å²) < 4.78 is 4.85. The van der Waals surface area contributed by atoms with Crippen molar-refractivity contribution in [2.75, 3.05) is 11.9 Å². The van der Waals surface area contributed by atoms with Crippen LogP contribution < -0.4 is 10.1 Å². The first kappa shape index (κ1) is 7.72. The second-order valence-electron chi connectivity index (χ2n) is 2.53. The molecule has 13 heavy (non-hydrogen) atoms. The highest BCUT2D eigenvalue weighted by Gasteiger charge is 2.17. The molecule has 0 bridgehead atoms. The summed E-state index contributed by atoms with van der Waals surface area (Å²) in [4.78, 5) is 25.1. The Morgan fingerprint density at radius 1 is 1.54 bits per heavy atom. The number of fused-ring (bicyclic) bond motifs is 1. The number of aldehydes is 1. The molecule has 1 aromatic heterocycles. The fraction of sp³-hybridized carbons (Fsp3) is 0.125. The summed E-state index contributed by atoms with van der Waals surface area (Å²) in [6, 6.07) is 3.03. The van der Waals surface area contributed by atoms with Gasteiger partial charge in [0.15, 0.2) is 17.9 Å². The number of ether oxygens (including phenoxy) is 1. The monoisotopic (exact) mass is 178 g/mol. The molecule has 5 nitrogen and oxygen atoms in total. The number of nitrogens with zero attached hydrogens (tertiary/aromatic N) is 1. The van der Waals surface area contributed by atoms with Crippen LogP contribution in [0, 0.1) is 0 Å². The molecule has 5 heteroatoms. The van der Waals surface area contributed by atoms with Crippen molar-refractivity contribution in [1.29, 1.82) is 0 Å². The van der Waals surface area contributed by atoms with Crippen LogP contribution in [0.3, 0.4) is 0 Å². The summed E-state index contributed by atoms with van der Waals surface area (Å²) in [5.41, 5.74) is 0.309. The molecular formula is C8H6N2O3. The van der Waals surface area contributed by atoms with E-state index in [1.54, 1.807) is 0 Å². The number of nitrogens with one attached hydrogen (secondary N) is 1. The van der Waals surface area contributed by atoms with E-state index in [2.05, 4.69) is 10.3 Å². The molecule has 0 saturated carbocycles. The van der Waals surface area contributed by atoms with E-state index < -0.39 is 0 Å². The van der Waals surface area contributed by atoms with E-state index >= 15 is 0 Å². The number of carbonyl (C=O) groups excluding carboxylic acids is 2. The number of rotatable bonds is 1. The average Bonchev–Trinajstić information content (AvgIpc) is 2.17. The van der Waals surface area contributed by atoms with Crippen molar-refractivity contribution < 1.29 is 14.3 Å². The number of anilines is 1. The van der Waals surface area contributed by atoms with Crippen LogP contribution in [-0.4, -0.2) is 23.8 Å². The van der Waals surface area contributed by atoms with Gasteiger partial charge in [-0.3, -0.25) is 4.79 Å². The number of aromatic nitrogens is 1. The predicted molar refractivity (Wildman–Crippen MR) is 43.7 cm³/mol. The molecule has 0 aliphatic carbocycles. The number of pyridine rings is 1. The smallest absolute Gasteiger partial charge is 0.330 e. The van der Waals surface area contributed by atoms with Crippen molar-refractivity contribution >= 4 is 18.1 Å². The number of hydrogen-bond acceptors (Lipinski definition) is 5. The second kappa shape index (κ2) is 2.85. The number of esters is 1. The number of hydrogen-bond donors (Lipinski definition) is 1. The van der Waals surface area contributed by atoms with Gasteiger partial charge in [0.05, 0.1) is 0 Å². The van der Waals surface area contributed by atoms with Crippen LogP contribution in [0.5, 0.6) is 5.75 Å². The molecule has 66 valence electrons. The van der Waals surface area contributed by atoms with E-state index in [1.807, 2.05) is 0 Å². The largest absolute Gasteiger partial charge is 0.421 e. The van der Waals surface area contributed by atoms with Crippen molar-refractivity contribution in [3.05, 3.63) is 17.8 Å². The Morgan fingerprint density at radius 2 is 2.38 bits per heavy atom. The normalized spacial score (nSPS) is 14.0. The van der Waals surface area contributed by atoms with Gasteiger partial charge in [0, 0.05) is 0 Å². The van der Waals surface area contributed by atoms with Gasteiger partial charge in [-0.15, -0.1) is 0 Å². The van der Waals surface area contributed by atoms with Crippen LogP contribution in [0.15, 0.2) is 12.1 Å². The van der Waals surface area contributed by atoms with Crippen LogP contribution in [0.1, 0.15) is 10.5 Å². The maximum absolute atomic E-state index is 10.8. The summed E-state index contributed by atoms with van der Waals surface area (Å²) >= 11 is 0. The molecule has 0 fully saturated rings. The maximum Gasteiger partial charge on any atom is 0.330 e. The van der Waals surface area contributed by atoms with Gasteiger partial charge in [0.2, 0.25) is 0 Å². The predicted octanol–water partition coefficient (Wildman–Crippen LogP) is 0.225. The summed E-state index contributed by atoms with van der Waals surface area (Å²) in [6.45, 7) is 0.0856. The van der Waals surface area contributed by atoms with Crippen molar-refractivity contribution in [2.45, 2.75) is 0 Å². The van der Waals surface area contributed by atoms with Gasteiger partial charge in [-0.2, -0.15) is 0 Å². The quantitative estimate of drug-likeness (QED) is 0.492. The van der Waals surface area contributed by atoms with Gasteiger partial charge < -0.3 is 10.1 Å². The van der Waals surface area contributed by atoms with Crippen molar-refractivity contribution in [2.24, 2.45) is 0 Å². The minimum absolute atomic E-state index is 0.0856. The first-order chi connectivity index (χ1) is 6.29.